The lowest BCUT2D eigenvalue weighted by Gasteiger charge is -2.15. The third kappa shape index (κ3) is 0.984. The highest BCUT2D eigenvalue weighted by molar-refractivity contribution is 5.93. The number of primary amides is 1. The van der Waals surface area contributed by atoms with Crippen molar-refractivity contribution in [3.63, 3.8) is 0 Å². The number of aromatic nitrogens is 2. The van der Waals surface area contributed by atoms with E-state index >= 15 is 0 Å². The van der Waals surface area contributed by atoms with Gasteiger partial charge in [0.1, 0.15) is 0 Å². The lowest BCUT2D eigenvalue weighted by atomic mass is 10.2. The smallest absolute Gasteiger partial charge is 0.252 e. The van der Waals surface area contributed by atoms with E-state index in [1.54, 1.807) is 0 Å². The molecule has 1 aliphatic heterocycles. The molecule has 5 nitrogen and oxygen atoms in total. The zero-order valence-corrected chi connectivity index (χ0v) is 6.58. The Morgan fingerprint density at radius 1 is 1.75 bits per heavy atom. The summed E-state index contributed by atoms with van der Waals surface area (Å²) in [5.74, 6) is -0.403. The van der Waals surface area contributed by atoms with Crippen LogP contribution in [0.15, 0.2) is 6.20 Å². The zero-order valence-electron chi connectivity index (χ0n) is 6.58. The van der Waals surface area contributed by atoms with E-state index in [2.05, 4.69) is 10.4 Å². The van der Waals surface area contributed by atoms with Gasteiger partial charge >= 0.3 is 0 Å². The van der Waals surface area contributed by atoms with Gasteiger partial charge in [0.15, 0.2) is 0 Å². The summed E-state index contributed by atoms with van der Waals surface area (Å²) in [5.41, 5.74) is 6.59. The minimum Gasteiger partial charge on any atom is -0.365 e. The lowest BCUT2D eigenvalue weighted by Crippen LogP contribution is -2.30. The molecule has 0 aromatic carbocycles. The summed E-state index contributed by atoms with van der Waals surface area (Å²) >= 11 is 0. The zero-order chi connectivity index (χ0) is 8.55. The highest BCUT2D eigenvalue weighted by Crippen LogP contribution is 2.09. The van der Waals surface area contributed by atoms with Crippen molar-refractivity contribution in [2.24, 2.45) is 5.73 Å². The fourth-order valence-corrected chi connectivity index (χ4v) is 1.39. The Balaban J connectivity index is 2.44. The van der Waals surface area contributed by atoms with Crippen LogP contribution >= 0.6 is 0 Å². The molecule has 1 aromatic rings. The number of nitrogens with one attached hydrogen (secondary N) is 1. The second-order valence-corrected chi connectivity index (χ2v) is 2.77. The first-order valence-corrected chi connectivity index (χ1v) is 3.84. The summed E-state index contributed by atoms with van der Waals surface area (Å²) < 4.78 is 1.82. The van der Waals surface area contributed by atoms with Crippen molar-refractivity contribution in [2.75, 3.05) is 6.54 Å². The average molecular weight is 166 g/mol. The third-order valence-corrected chi connectivity index (χ3v) is 2.01. The normalized spacial score (nSPS) is 15.7. The second-order valence-electron chi connectivity index (χ2n) is 2.77. The Bertz CT molecular complexity index is 317. The van der Waals surface area contributed by atoms with Gasteiger partial charge in [-0.3, -0.25) is 9.48 Å². The van der Waals surface area contributed by atoms with Crippen LogP contribution in [0.3, 0.4) is 0 Å². The van der Waals surface area contributed by atoms with Gasteiger partial charge in [-0.15, -0.1) is 0 Å². The van der Waals surface area contributed by atoms with Gasteiger partial charge < -0.3 is 11.1 Å². The SMILES string of the molecule is NC(=O)c1cnn2c1CNCC2. The number of fused-ring (bicyclic) bond motifs is 1. The summed E-state index contributed by atoms with van der Waals surface area (Å²) in [4.78, 5) is 10.9. The quantitative estimate of drug-likeness (QED) is 0.567. The fraction of sp³-hybridized carbons (Fsp3) is 0.429. The maximum absolute atomic E-state index is 10.9. The molecule has 64 valence electrons. The Labute approximate surface area is 69.5 Å². The van der Waals surface area contributed by atoms with Crippen LogP contribution in [-0.4, -0.2) is 22.2 Å². The second kappa shape index (κ2) is 2.60. The van der Waals surface area contributed by atoms with Gasteiger partial charge in [-0.25, -0.2) is 0 Å². The Morgan fingerprint density at radius 2 is 2.58 bits per heavy atom. The topological polar surface area (TPSA) is 72.9 Å². The van der Waals surface area contributed by atoms with E-state index in [-0.39, 0.29) is 0 Å². The minimum atomic E-state index is -0.403. The molecule has 0 atom stereocenters. The molecule has 0 saturated carbocycles. The van der Waals surface area contributed by atoms with Crippen LogP contribution in [0.1, 0.15) is 16.1 Å². The number of rotatable bonds is 1. The van der Waals surface area contributed by atoms with Crippen molar-refractivity contribution < 1.29 is 4.79 Å². The van der Waals surface area contributed by atoms with Crippen LogP contribution in [0.25, 0.3) is 0 Å². The molecule has 0 saturated heterocycles. The fourth-order valence-electron chi connectivity index (χ4n) is 1.39. The van der Waals surface area contributed by atoms with Gasteiger partial charge in [0.2, 0.25) is 0 Å². The van der Waals surface area contributed by atoms with Crippen LogP contribution in [0.4, 0.5) is 0 Å². The van der Waals surface area contributed by atoms with Crippen molar-refractivity contribution >= 4 is 5.91 Å². The number of carbonyl (C=O) groups excluding carboxylic acids is 1. The standard InChI is InChI=1S/C7H10N4O/c8-7(12)5-3-10-11-2-1-9-4-6(5)11/h3,9H,1-2,4H2,(H2,8,12). The number of nitrogens with zero attached hydrogens (tertiary/aromatic N) is 2. The first kappa shape index (κ1) is 7.30. The summed E-state index contributed by atoms with van der Waals surface area (Å²) in [6, 6.07) is 0. The summed E-state index contributed by atoms with van der Waals surface area (Å²) in [6.45, 7) is 2.38. The Hall–Kier alpha value is -1.36. The lowest BCUT2D eigenvalue weighted by molar-refractivity contribution is 0.0999. The predicted octanol–water partition coefficient (Wildman–Crippen LogP) is -0.915. The van der Waals surface area contributed by atoms with Crippen molar-refractivity contribution in [3.05, 3.63) is 17.5 Å². The number of nitrogens with two attached hydrogens (primary N) is 1. The molecule has 0 fully saturated rings. The number of hydrogen-bond donors (Lipinski definition) is 2. The van der Waals surface area contributed by atoms with Gasteiger partial charge in [0, 0.05) is 13.1 Å². The summed E-state index contributed by atoms with van der Waals surface area (Å²) in [7, 11) is 0. The molecule has 1 amide bonds. The predicted molar refractivity (Wildman–Crippen MR) is 42.5 cm³/mol. The third-order valence-electron chi connectivity index (χ3n) is 2.01. The van der Waals surface area contributed by atoms with E-state index in [0.717, 1.165) is 18.8 Å². The van der Waals surface area contributed by atoms with E-state index in [0.29, 0.717) is 12.1 Å². The molecule has 0 aliphatic carbocycles. The molecule has 1 aromatic heterocycles. The molecule has 3 N–H and O–H groups in total. The molecule has 1 aliphatic rings. The Kier molecular flexibility index (Phi) is 1.58. The molecule has 2 rings (SSSR count). The molecular formula is C7H10N4O. The van der Waals surface area contributed by atoms with Gasteiger partial charge in [-0.2, -0.15) is 5.10 Å². The summed E-state index contributed by atoms with van der Waals surface area (Å²) in [5, 5.41) is 7.21. The first-order valence-electron chi connectivity index (χ1n) is 3.84. The molecule has 0 radical (unpaired) electrons. The first-order chi connectivity index (χ1) is 5.79. The minimum absolute atomic E-state index is 0.403. The van der Waals surface area contributed by atoms with E-state index in [4.69, 9.17) is 5.73 Å². The monoisotopic (exact) mass is 166 g/mol. The molecule has 0 unspecified atom stereocenters. The van der Waals surface area contributed by atoms with E-state index in [9.17, 15) is 4.79 Å². The molecular weight excluding hydrogens is 156 g/mol. The van der Waals surface area contributed by atoms with Crippen LogP contribution in [0.2, 0.25) is 0 Å². The van der Waals surface area contributed by atoms with E-state index in [1.165, 1.54) is 6.20 Å². The van der Waals surface area contributed by atoms with Crippen molar-refractivity contribution in [1.29, 1.82) is 0 Å². The number of amides is 1. The highest BCUT2D eigenvalue weighted by atomic mass is 16.1. The highest BCUT2D eigenvalue weighted by Gasteiger charge is 2.16. The van der Waals surface area contributed by atoms with Crippen LogP contribution in [0, 0.1) is 0 Å². The largest absolute Gasteiger partial charge is 0.365 e. The Morgan fingerprint density at radius 3 is 3.33 bits per heavy atom. The van der Waals surface area contributed by atoms with Crippen LogP contribution < -0.4 is 11.1 Å². The number of hydrogen-bond acceptors (Lipinski definition) is 3. The maximum atomic E-state index is 10.9. The van der Waals surface area contributed by atoms with Crippen molar-refractivity contribution in [1.82, 2.24) is 15.1 Å². The summed E-state index contributed by atoms with van der Waals surface area (Å²) in [6.07, 6.45) is 1.53. The van der Waals surface area contributed by atoms with Crippen molar-refractivity contribution in [2.45, 2.75) is 13.1 Å². The molecule has 2 heterocycles. The molecule has 0 bridgehead atoms. The van der Waals surface area contributed by atoms with Gasteiger partial charge in [0.05, 0.1) is 24.0 Å². The van der Waals surface area contributed by atoms with Crippen LogP contribution in [-0.2, 0) is 13.1 Å². The molecule has 0 spiro atoms. The van der Waals surface area contributed by atoms with Gasteiger partial charge in [-0.05, 0) is 0 Å². The van der Waals surface area contributed by atoms with Gasteiger partial charge in [0.25, 0.3) is 5.91 Å². The van der Waals surface area contributed by atoms with Crippen LogP contribution in [0.5, 0.6) is 0 Å². The molecule has 5 heteroatoms. The van der Waals surface area contributed by atoms with Crippen molar-refractivity contribution in [3.8, 4) is 0 Å². The average Bonchev–Trinajstić information content (AvgIpc) is 2.47. The maximum Gasteiger partial charge on any atom is 0.252 e. The van der Waals surface area contributed by atoms with E-state index < -0.39 is 5.91 Å². The number of carbonyl (C=O) groups is 1. The van der Waals surface area contributed by atoms with Gasteiger partial charge in [-0.1, -0.05) is 0 Å². The molecule has 12 heavy (non-hydrogen) atoms. The van der Waals surface area contributed by atoms with E-state index in [1.807, 2.05) is 4.68 Å².